The van der Waals surface area contributed by atoms with Crippen LogP contribution >= 0.6 is 0 Å². The molecule has 1 rings (SSSR count). The van der Waals surface area contributed by atoms with Gasteiger partial charge in [-0.2, -0.15) is 0 Å². The molecule has 0 bridgehead atoms. The number of unbranched alkanes of at least 4 members (excludes halogenated alkanes) is 2. The minimum absolute atomic E-state index is 0.117. The normalized spacial score (nSPS) is 35.2. The maximum atomic E-state index is 11.9. The lowest BCUT2D eigenvalue weighted by Crippen LogP contribution is -2.66. The van der Waals surface area contributed by atoms with Gasteiger partial charge < -0.3 is 29.9 Å². The average Bonchev–Trinajstić information content (AvgIpc) is 2.48. The summed E-state index contributed by atoms with van der Waals surface area (Å²) < 4.78 is 10.7. The van der Waals surface area contributed by atoms with Crippen LogP contribution in [0.3, 0.4) is 0 Å². The molecule has 1 aliphatic rings. The van der Waals surface area contributed by atoms with Crippen molar-refractivity contribution < 1.29 is 34.7 Å². The summed E-state index contributed by atoms with van der Waals surface area (Å²) in [5.74, 6) is -2.58. The Bertz CT molecular complexity index is 395. The molecule has 1 saturated heterocycles. The molecule has 0 aromatic rings. The Morgan fingerprint density at radius 3 is 2.41 bits per heavy atom. The van der Waals surface area contributed by atoms with E-state index >= 15 is 0 Å². The largest absolute Gasteiger partial charge is 0.427 e. The van der Waals surface area contributed by atoms with E-state index in [0.29, 0.717) is 6.42 Å². The highest BCUT2D eigenvalue weighted by atomic mass is 16.7. The van der Waals surface area contributed by atoms with Crippen LogP contribution in [0, 0.1) is 0 Å². The van der Waals surface area contributed by atoms with Gasteiger partial charge in [-0.3, -0.25) is 0 Å². The number of carbonyl (C=O) groups is 1. The Kier molecular flexibility index (Phi) is 6.96. The fourth-order valence-electron chi connectivity index (χ4n) is 2.42. The van der Waals surface area contributed by atoms with Gasteiger partial charge in [0.1, 0.15) is 24.4 Å². The summed E-state index contributed by atoms with van der Waals surface area (Å²) in [5.41, 5.74) is 0.117. The van der Waals surface area contributed by atoms with Crippen LogP contribution in [0.4, 0.5) is 0 Å². The Labute approximate surface area is 130 Å². The number of aliphatic hydroxyl groups excluding tert-OH is 4. The number of ether oxygens (including phenoxy) is 2. The van der Waals surface area contributed by atoms with Crippen LogP contribution in [0.15, 0.2) is 12.2 Å². The van der Waals surface area contributed by atoms with Crippen LogP contribution in [0.25, 0.3) is 0 Å². The van der Waals surface area contributed by atoms with Crippen molar-refractivity contribution in [1.82, 2.24) is 0 Å². The van der Waals surface area contributed by atoms with E-state index in [2.05, 4.69) is 6.58 Å². The molecule has 4 N–H and O–H groups in total. The van der Waals surface area contributed by atoms with Crippen molar-refractivity contribution >= 4 is 5.97 Å². The first-order chi connectivity index (χ1) is 10.3. The van der Waals surface area contributed by atoms with Gasteiger partial charge in [0.15, 0.2) is 0 Å². The minimum Gasteiger partial charge on any atom is -0.427 e. The first kappa shape index (κ1) is 19.1. The van der Waals surface area contributed by atoms with Crippen molar-refractivity contribution in [2.75, 3.05) is 6.61 Å². The van der Waals surface area contributed by atoms with Crippen molar-refractivity contribution in [3.8, 4) is 0 Å². The van der Waals surface area contributed by atoms with Crippen molar-refractivity contribution in [3.63, 3.8) is 0 Å². The van der Waals surface area contributed by atoms with E-state index in [1.54, 1.807) is 0 Å². The van der Waals surface area contributed by atoms with Crippen LogP contribution in [0.1, 0.15) is 39.5 Å². The van der Waals surface area contributed by atoms with Gasteiger partial charge in [-0.25, -0.2) is 4.79 Å². The number of rotatable bonds is 7. The zero-order valence-electron chi connectivity index (χ0n) is 13.1. The highest BCUT2D eigenvalue weighted by Crippen LogP contribution is 2.36. The number of hydrogen-bond donors (Lipinski definition) is 4. The maximum absolute atomic E-state index is 11.9. The smallest absolute Gasteiger partial charge is 0.335 e. The molecule has 0 aromatic heterocycles. The first-order valence-corrected chi connectivity index (χ1v) is 7.50. The molecule has 1 fully saturated rings. The summed E-state index contributed by atoms with van der Waals surface area (Å²) in [5, 5.41) is 39.3. The molecule has 0 aromatic carbocycles. The standard InChI is InChI=1S/C15H26O7/c1-4-5-6-7-15(22-14(20)9(2)3)13(19)12(18)11(17)10(8-16)21-15/h10-13,16-19H,2,4-8H2,1,3H3/t10-,11-,12+,13-,15?/m1/s1. The van der Waals surface area contributed by atoms with E-state index in [0.717, 1.165) is 12.8 Å². The van der Waals surface area contributed by atoms with Gasteiger partial charge in [-0.15, -0.1) is 0 Å². The summed E-state index contributed by atoms with van der Waals surface area (Å²) >= 11 is 0. The zero-order chi connectivity index (χ0) is 16.9. The van der Waals surface area contributed by atoms with Gasteiger partial charge in [0, 0.05) is 12.0 Å². The Balaban J connectivity index is 3.04. The van der Waals surface area contributed by atoms with E-state index in [1.807, 2.05) is 6.92 Å². The molecule has 0 radical (unpaired) electrons. The fraction of sp³-hybridized carbons (Fsp3) is 0.800. The SMILES string of the molecule is C=C(C)C(=O)OC1(CCCCC)O[C@H](CO)[C@@H](O)[C@H](O)[C@H]1O. The van der Waals surface area contributed by atoms with E-state index < -0.39 is 42.8 Å². The van der Waals surface area contributed by atoms with Gasteiger partial charge in [0.25, 0.3) is 0 Å². The molecule has 0 amide bonds. The van der Waals surface area contributed by atoms with Crippen LogP contribution in [0.2, 0.25) is 0 Å². The molecule has 0 saturated carbocycles. The average molecular weight is 318 g/mol. The molecule has 7 nitrogen and oxygen atoms in total. The lowest BCUT2D eigenvalue weighted by Gasteiger charge is -2.47. The third kappa shape index (κ3) is 4.05. The molecule has 0 spiro atoms. The molecule has 128 valence electrons. The van der Waals surface area contributed by atoms with Crippen molar-refractivity contribution in [2.45, 2.75) is 69.7 Å². The summed E-state index contributed by atoms with van der Waals surface area (Å²) in [6, 6.07) is 0. The molecular weight excluding hydrogens is 292 g/mol. The predicted molar refractivity (Wildman–Crippen MR) is 77.8 cm³/mol. The highest BCUT2D eigenvalue weighted by Gasteiger charge is 2.55. The van der Waals surface area contributed by atoms with E-state index in [4.69, 9.17) is 9.47 Å². The molecule has 1 heterocycles. The zero-order valence-corrected chi connectivity index (χ0v) is 13.1. The molecule has 0 aliphatic carbocycles. The second-order valence-corrected chi connectivity index (χ2v) is 5.70. The van der Waals surface area contributed by atoms with E-state index in [9.17, 15) is 25.2 Å². The maximum Gasteiger partial charge on any atom is 0.335 e. The molecule has 5 atom stereocenters. The highest BCUT2D eigenvalue weighted by molar-refractivity contribution is 5.87. The van der Waals surface area contributed by atoms with Gasteiger partial charge in [0.2, 0.25) is 5.79 Å². The molecular formula is C15H26O7. The Morgan fingerprint density at radius 2 is 1.91 bits per heavy atom. The molecule has 1 aliphatic heterocycles. The van der Waals surface area contributed by atoms with Crippen LogP contribution in [0.5, 0.6) is 0 Å². The summed E-state index contributed by atoms with van der Waals surface area (Å²) in [6.07, 6.45) is -3.41. The number of aliphatic hydroxyl groups is 4. The first-order valence-electron chi connectivity index (χ1n) is 7.50. The van der Waals surface area contributed by atoms with Gasteiger partial charge in [-0.1, -0.05) is 26.3 Å². The molecule has 22 heavy (non-hydrogen) atoms. The quantitative estimate of drug-likeness (QED) is 0.293. The monoisotopic (exact) mass is 318 g/mol. The molecule has 7 heteroatoms. The topological polar surface area (TPSA) is 116 Å². The minimum atomic E-state index is -1.81. The van der Waals surface area contributed by atoms with Crippen molar-refractivity contribution in [2.24, 2.45) is 0 Å². The van der Waals surface area contributed by atoms with Crippen LogP contribution < -0.4 is 0 Å². The number of esters is 1. The van der Waals surface area contributed by atoms with E-state index in [-0.39, 0.29) is 12.0 Å². The van der Waals surface area contributed by atoms with Crippen LogP contribution in [-0.2, 0) is 14.3 Å². The van der Waals surface area contributed by atoms with Crippen molar-refractivity contribution in [1.29, 1.82) is 0 Å². The predicted octanol–water partition coefficient (Wildman–Crippen LogP) is -0.144. The van der Waals surface area contributed by atoms with Gasteiger partial charge >= 0.3 is 5.97 Å². The number of hydrogen-bond acceptors (Lipinski definition) is 7. The Morgan fingerprint density at radius 1 is 1.27 bits per heavy atom. The van der Waals surface area contributed by atoms with Crippen LogP contribution in [-0.4, -0.2) is 63.2 Å². The van der Waals surface area contributed by atoms with E-state index in [1.165, 1.54) is 6.92 Å². The Hall–Kier alpha value is -0.990. The summed E-state index contributed by atoms with van der Waals surface area (Å²) in [4.78, 5) is 11.9. The summed E-state index contributed by atoms with van der Waals surface area (Å²) in [7, 11) is 0. The molecule has 1 unspecified atom stereocenters. The van der Waals surface area contributed by atoms with Crippen molar-refractivity contribution in [3.05, 3.63) is 12.2 Å². The lowest BCUT2D eigenvalue weighted by molar-refractivity contribution is -0.353. The van der Waals surface area contributed by atoms with Gasteiger partial charge in [0.05, 0.1) is 6.61 Å². The second-order valence-electron chi connectivity index (χ2n) is 5.70. The fourth-order valence-corrected chi connectivity index (χ4v) is 2.42. The second kappa shape index (κ2) is 8.03. The number of carbonyl (C=O) groups excluding carboxylic acids is 1. The van der Waals surface area contributed by atoms with Gasteiger partial charge in [-0.05, 0) is 13.3 Å². The summed E-state index contributed by atoms with van der Waals surface area (Å²) in [6.45, 7) is 6.33. The lowest BCUT2D eigenvalue weighted by atomic mass is 9.89. The third-order valence-electron chi connectivity index (χ3n) is 3.78. The third-order valence-corrected chi connectivity index (χ3v) is 3.78.